The minimum atomic E-state index is -1.69. The SMILES string of the molecule is O=C(O)OO.[Gd]. The number of rotatable bonds is 0. The Labute approximate surface area is 65.7 Å². The molecule has 0 unspecified atom stereocenters. The van der Waals surface area contributed by atoms with Gasteiger partial charge in [0.05, 0.1) is 0 Å². The predicted molar refractivity (Wildman–Crippen MR) is 11.7 cm³/mol. The summed E-state index contributed by atoms with van der Waals surface area (Å²) in [5, 5.41) is 14.3. The molecule has 2 N–H and O–H groups in total. The maximum absolute atomic E-state index is 8.90. The topological polar surface area (TPSA) is 66.8 Å². The summed E-state index contributed by atoms with van der Waals surface area (Å²) in [5.74, 6) is 0. The van der Waals surface area contributed by atoms with Crippen molar-refractivity contribution in [1.82, 2.24) is 0 Å². The van der Waals surface area contributed by atoms with Gasteiger partial charge in [0.25, 0.3) is 0 Å². The van der Waals surface area contributed by atoms with Gasteiger partial charge in [-0.25, -0.2) is 4.79 Å². The summed E-state index contributed by atoms with van der Waals surface area (Å²) in [6, 6.07) is 0. The normalized spacial score (nSPS) is 5.50. The van der Waals surface area contributed by atoms with E-state index < -0.39 is 6.16 Å². The third-order valence-electron chi connectivity index (χ3n) is 0.0781. The molecule has 0 bridgehead atoms. The van der Waals surface area contributed by atoms with E-state index in [1.807, 2.05) is 0 Å². The van der Waals surface area contributed by atoms with Crippen LogP contribution in [0, 0.1) is 39.9 Å². The van der Waals surface area contributed by atoms with Crippen molar-refractivity contribution in [3.05, 3.63) is 0 Å². The van der Waals surface area contributed by atoms with Crippen molar-refractivity contribution >= 4 is 6.16 Å². The van der Waals surface area contributed by atoms with E-state index >= 15 is 0 Å². The number of hydrogen-bond acceptors (Lipinski definition) is 3. The molecule has 0 saturated carbocycles. The standard InChI is InChI=1S/CH2O4.Gd/c2-1(3)5-4;/h4H,(H,2,3);. The van der Waals surface area contributed by atoms with E-state index in [0.29, 0.717) is 0 Å². The average Bonchev–Trinajstić information content (AvgIpc) is 1.38. The molecule has 0 rings (SSSR count). The molecule has 0 aromatic carbocycles. The first-order valence-corrected chi connectivity index (χ1v) is 0.814. The zero-order valence-corrected chi connectivity index (χ0v) is 4.83. The van der Waals surface area contributed by atoms with Gasteiger partial charge in [-0.05, 0) is 0 Å². The molecule has 0 radical (unpaired) electrons. The predicted octanol–water partition coefficient (Wildman–Crippen LogP) is 0.154. The molecule has 0 aromatic heterocycles. The van der Waals surface area contributed by atoms with E-state index in [2.05, 4.69) is 4.89 Å². The van der Waals surface area contributed by atoms with Gasteiger partial charge in [0.1, 0.15) is 0 Å². The van der Waals surface area contributed by atoms with Gasteiger partial charge in [-0.2, -0.15) is 5.26 Å². The number of carbonyl (C=O) groups is 1. The second kappa shape index (κ2) is 5.55. The van der Waals surface area contributed by atoms with Gasteiger partial charge in [-0.1, -0.05) is 0 Å². The summed E-state index contributed by atoms with van der Waals surface area (Å²) in [6.45, 7) is 0. The average molecular weight is 235 g/mol. The molecule has 6 heavy (non-hydrogen) atoms. The Morgan fingerprint density at radius 1 is 1.67 bits per heavy atom. The molecule has 0 spiro atoms. The zero-order valence-electron chi connectivity index (χ0n) is 2.56. The fourth-order valence-electron chi connectivity index (χ4n) is 0. The third kappa shape index (κ3) is 8.82. The molecule has 0 fully saturated rings. The van der Waals surface area contributed by atoms with Gasteiger partial charge in [0, 0.05) is 39.9 Å². The molecular formula is CH2GdO4. The Morgan fingerprint density at radius 3 is 1.83 bits per heavy atom. The summed E-state index contributed by atoms with van der Waals surface area (Å²) in [5.41, 5.74) is 0. The molecule has 4 nitrogen and oxygen atoms in total. The Bertz CT molecular complexity index is 42.8. The van der Waals surface area contributed by atoms with Gasteiger partial charge in [-0.3, -0.25) is 4.89 Å². The van der Waals surface area contributed by atoms with Crippen LogP contribution in [0.5, 0.6) is 0 Å². The molecule has 0 aliphatic heterocycles. The largest absolute Gasteiger partial charge is 0.537 e. The summed E-state index contributed by atoms with van der Waals surface area (Å²) < 4.78 is 0. The van der Waals surface area contributed by atoms with E-state index in [1.165, 1.54) is 0 Å². The first-order valence-electron chi connectivity index (χ1n) is 0.814. The molecular weight excluding hydrogens is 233 g/mol. The minimum absolute atomic E-state index is 0. The van der Waals surface area contributed by atoms with Crippen LogP contribution in [-0.2, 0) is 4.89 Å². The molecule has 0 atom stereocenters. The van der Waals surface area contributed by atoms with Crippen LogP contribution in [0.15, 0.2) is 0 Å². The second-order valence-electron chi connectivity index (χ2n) is 0.357. The van der Waals surface area contributed by atoms with Crippen LogP contribution in [0.4, 0.5) is 4.79 Å². The monoisotopic (exact) mass is 236 g/mol. The van der Waals surface area contributed by atoms with E-state index in [-0.39, 0.29) is 39.9 Å². The van der Waals surface area contributed by atoms with Crippen molar-refractivity contribution in [3.8, 4) is 0 Å². The molecule has 0 heterocycles. The van der Waals surface area contributed by atoms with Gasteiger partial charge in [0.15, 0.2) is 0 Å². The van der Waals surface area contributed by atoms with Gasteiger partial charge in [0.2, 0.25) is 0 Å². The Balaban J connectivity index is 0. The maximum Gasteiger partial charge on any atom is 0.537 e. The van der Waals surface area contributed by atoms with Crippen molar-refractivity contribution in [2.75, 3.05) is 0 Å². The summed E-state index contributed by atoms with van der Waals surface area (Å²) in [4.78, 5) is 11.6. The van der Waals surface area contributed by atoms with Crippen molar-refractivity contribution < 1.29 is 60.0 Å². The first kappa shape index (κ1) is 9.75. The van der Waals surface area contributed by atoms with Crippen LogP contribution in [-0.4, -0.2) is 16.5 Å². The zero-order chi connectivity index (χ0) is 4.28. The summed E-state index contributed by atoms with van der Waals surface area (Å²) >= 11 is 0. The second-order valence-corrected chi connectivity index (χ2v) is 0.357. The molecule has 0 aliphatic carbocycles. The first-order chi connectivity index (χ1) is 2.27. The van der Waals surface area contributed by atoms with Crippen molar-refractivity contribution in [2.24, 2.45) is 0 Å². The molecule has 0 aromatic rings. The Hall–Kier alpha value is 0.555. The van der Waals surface area contributed by atoms with Crippen molar-refractivity contribution in [2.45, 2.75) is 0 Å². The van der Waals surface area contributed by atoms with Gasteiger partial charge in [-0.15, -0.1) is 0 Å². The summed E-state index contributed by atoms with van der Waals surface area (Å²) in [6.07, 6.45) is -1.69. The quantitative estimate of drug-likeness (QED) is 0.463. The summed E-state index contributed by atoms with van der Waals surface area (Å²) in [7, 11) is 0. The van der Waals surface area contributed by atoms with Gasteiger partial charge < -0.3 is 5.11 Å². The Morgan fingerprint density at radius 2 is 1.83 bits per heavy atom. The molecule has 38 valence electrons. The Kier molecular flexibility index (Phi) is 9.03. The van der Waals surface area contributed by atoms with Crippen LogP contribution in [0.1, 0.15) is 0 Å². The van der Waals surface area contributed by atoms with Crippen LogP contribution in [0.25, 0.3) is 0 Å². The van der Waals surface area contributed by atoms with Gasteiger partial charge >= 0.3 is 6.16 Å². The van der Waals surface area contributed by atoms with E-state index in [9.17, 15) is 0 Å². The number of hydrogen-bond donors (Lipinski definition) is 2. The van der Waals surface area contributed by atoms with Crippen molar-refractivity contribution in [3.63, 3.8) is 0 Å². The molecule has 0 saturated heterocycles. The van der Waals surface area contributed by atoms with Crippen LogP contribution >= 0.6 is 0 Å². The molecule has 0 amide bonds. The van der Waals surface area contributed by atoms with Crippen LogP contribution in [0.2, 0.25) is 0 Å². The molecule has 5 heteroatoms. The van der Waals surface area contributed by atoms with Crippen LogP contribution < -0.4 is 0 Å². The number of carboxylic acid groups (broad SMARTS) is 1. The maximum atomic E-state index is 8.90. The smallest absolute Gasteiger partial charge is 0.448 e. The fourth-order valence-corrected chi connectivity index (χ4v) is 0. The minimum Gasteiger partial charge on any atom is -0.448 e. The van der Waals surface area contributed by atoms with Crippen molar-refractivity contribution in [1.29, 1.82) is 0 Å². The third-order valence-corrected chi connectivity index (χ3v) is 0.0781. The van der Waals surface area contributed by atoms with Crippen LogP contribution in [0.3, 0.4) is 0 Å². The fraction of sp³-hybridized carbons (Fsp3) is 0. The van der Waals surface area contributed by atoms with E-state index in [0.717, 1.165) is 0 Å². The van der Waals surface area contributed by atoms with E-state index in [4.69, 9.17) is 15.2 Å². The molecule has 0 aliphatic rings. The van der Waals surface area contributed by atoms with E-state index in [1.54, 1.807) is 0 Å².